The summed E-state index contributed by atoms with van der Waals surface area (Å²) in [6, 6.07) is 3.79. The molecule has 0 aliphatic carbocycles. The number of hydrogen-bond donors (Lipinski definition) is 2. The smallest absolute Gasteiger partial charge is 0.328 e. The minimum atomic E-state index is -0.336. The fourth-order valence-corrected chi connectivity index (χ4v) is 3.69. The van der Waals surface area contributed by atoms with Gasteiger partial charge < -0.3 is 24.9 Å². The number of piperidine rings is 1. The van der Waals surface area contributed by atoms with E-state index in [9.17, 15) is 4.79 Å². The van der Waals surface area contributed by atoms with Gasteiger partial charge in [-0.15, -0.1) is 0 Å². The van der Waals surface area contributed by atoms with Gasteiger partial charge in [0.25, 0.3) is 0 Å². The molecule has 4 rings (SSSR count). The average molecular weight is 444 g/mol. The van der Waals surface area contributed by atoms with Crippen LogP contribution in [0.15, 0.2) is 23.1 Å². The quantitative estimate of drug-likeness (QED) is 0.441. The highest BCUT2D eigenvalue weighted by Gasteiger charge is 2.15. The molecule has 0 radical (unpaired) electrons. The predicted octanol–water partition coefficient (Wildman–Crippen LogP) is 1.04. The zero-order chi connectivity index (χ0) is 22.3. The van der Waals surface area contributed by atoms with E-state index in [1.54, 1.807) is 13.3 Å². The molecule has 3 aromatic heterocycles. The highest BCUT2D eigenvalue weighted by Crippen LogP contribution is 2.19. The van der Waals surface area contributed by atoms with Crippen LogP contribution in [0, 0.1) is 0 Å². The number of nitrogens with one attached hydrogen (secondary N) is 1. The Labute approximate surface area is 185 Å². The number of imidazole rings is 1. The Morgan fingerprint density at radius 2 is 1.94 bits per heavy atom. The van der Waals surface area contributed by atoms with Crippen LogP contribution in [0.1, 0.15) is 24.8 Å². The van der Waals surface area contributed by atoms with Gasteiger partial charge in [-0.2, -0.15) is 9.97 Å². The molecule has 3 N–H and O–H groups in total. The van der Waals surface area contributed by atoms with Gasteiger partial charge in [-0.3, -0.25) is 9.47 Å². The summed E-state index contributed by atoms with van der Waals surface area (Å²) in [7, 11) is 1.57. The van der Waals surface area contributed by atoms with Crippen molar-refractivity contribution in [1.82, 2.24) is 29.4 Å². The summed E-state index contributed by atoms with van der Waals surface area (Å²) >= 11 is 0. The summed E-state index contributed by atoms with van der Waals surface area (Å²) in [5, 5.41) is 0. The molecule has 0 amide bonds. The van der Waals surface area contributed by atoms with Crippen molar-refractivity contribution < 1.29 is 14.2 Å². The Bertz CT molecular complexity index is 1070. The van der Waals surface area contributed by atoms with Gasteiger partial charge in [-0.05, 0) is 31.5 Å². The maximum absolute atomic E-state index is 12.5. The second kappa shape index (κ2) is 10.4. The largest absolute Gasteiger partial charge is 0.476 e. The normalized spacial score (nSPS) is 14.7. The number of ether oxygens (including phenoxy) is 3. The number of H-pyrrole nitrogens is 1. The average Bonchev–Trinajstić information content (AvgIpc) is 3.12. The number of aromatic nitrogens is 5. The van der Waals surface area contributed by atoms with E-state index in [2.05, 4.69) is 24.8 Å². The Balaban J connectivity index is 1.42. The van der Waals surface area contributed by atoms with Crippen LogP contribution in [0.4, 0.5) is 5.82 Å². The molecule has 1 aliphatic heterocycles. The standard InChI is InChI=1S/C21H29N7O4/c1-30-11-12-32-20-25-18(22)17-19(26-20)28(21(29)24-17)14-15-5-6-16(23-13-15)31-10-9-27-7-3-2-4-8-27/h5-6,13H,2-4,7-12,14H2,1H3,(H,24,29)(H2,22,25,26). The van der Waals surface area contributed by atoms with E-state index in [4.69, 9.17) is 19.9 Å². The van der Waals surface area contributed by atoms with Crippen LogP contribution in [0.25, 0.3) is 11.2 Å². The topological polar surface area (TPSA) is 133 Å². The molecule has 0 bridgehead atoms. The maximum Gasteiger partial charge on any atom is 0.328 e. The third kappa shape index (κ3) is 5.35. The minimum absolute atomic E-state index is 0.0929. The van der Waals surface area contributed by atoms with Crippen molar-refractivity contribution in [3.8, 4) is 11.9 Å². The van der Waals surface area contributed by atoms with Crippen molar-refractivity contribution in [2.45, 2.75) is 25.8 Å². The molecule has 11 heteroatoms. The molecule has 3 aromatic rings. The molecule has 1 fully saturated rings. The highest BCUT2D eigenvalue weighted by atomic mass is 16.5. The van der Waals surface area contributed by atoms with Crippen LogP contribution < -0.4 is 20.9 Å². The molecule has 0 saturated carbocycles. The summed E-state index contributed by atoms with van der Waals surface area (Å²) < 4.78 is 17.7. The number of anilines is 1. The van der Waals surface area contributed by atoms with Crippen LogP contribution in [0.2, 0.25) is 0 Å². The van der Waals surface area contributed by atoms with E-state index in [0.29, 0.717) is 30.3 Å². The molecule has 172 valence electrons. The third-order valence-corrected chi connectivity index (χ3v) is 5.39. The molecule has 0 spiro atoms. The zero-order valence-electron chi connectivity index (χ0n) is 18.2. The first-order valence-corrected chi connectivity index (χ1v) is 10.8. The summed E-state index contributed by atoms with van der Waals surface area (Å²) in [6.45, 7) is 4.73. The summed E-state index contributed by atoms with van der Waals surface area (Å²) in [6.07, 6.45) is 5.54. The fraction of sp³-hybridized carbons (Fsp3) is 0.524. The minimum Gasteiger partial charge on any atom is -0.476 e. The number of aromatic amines is 1. The second-order valence-corrected chi connectivity index (χ2v) is 7.70. The first kappa shape index (κ1) is 22.0. The SMILES string of the molecule is COCCOc1nc(N)c2[nH]c(=O)n(Cc3ccc(OCCN4CCCCC4)nc3)c2n1. The molecule has 4 heterocycles. The number of likely N-dealkylation sites (tertiary alicyclic amines) is 1. The number of nitrogen functional groups attached to an aromatic ring is 1. The van der Waals surface area contributed by atoms with Crippen LogP contribution in [-0.4, -0.2) is 76.0 Å². The van der Waals surface area contributed by atoms with Crippen LogP contribution in [0.5, 0.6) is 11.9 Å². The second-order valence-electron chi connectivity index (χ2n) is 7.70. The van der Waals surface area contributed by atoms with E-state index in [-0.39, 0.29) is 30.7 Å². The summed E-state index contributed by atoms with van der Waals surface area (Å²) in [5.41, 5.74) is 7.22. The number of rotatable bonds is 10. The number of fused-ring (bicyclic) bond motifs is 1. The van der Waals surface area contributed by atoms with E-state index in [0.717, 1.165) is 25.2 Å². The number of nitrogens with zero attached hydrogens (tertiary/aromatic N) is 5. The molecule has 1 aliphatic rings. The number of nitrogens with two attached hydrogens (primary N) is 1. The first-order chi connectivity index (χ1) is 15.6. The summed E-state index contributed by atoms with van der Waals surface area (Å²) in [4.78, 5) is 30.4. The summed E-state index contributed by atoms with van der Waals surface area (Å²) in [5.74, 6) is 0.714. The van der Waals surface area contributed by atoms with Gasteiger partial charge in [0, 0.05) is 25.9 Å². The van der Waals surface area contributed by atoms with E-state index >= 15 is 0 Å². The molecule has 0 unspecified atom stereocenters. The van der Waals surface area contributed by atoms with Crippen LogP contribution in [0.3, 0.4) is 0 Å². The van der Waals surface area contributed by atoms with E-state index in [1.807, 2.05) is 12.1 Å². The lowest BCUT2D eigenvalue weighted by Gasteiger charge is -2.26. The molecule has 11 nitrogen and oxygen atoms in total. The lowest BCUT2D eigenvalue weighted by Crippen LogP contribution is -2.33. The van der Waals surface area contributed by atoms with Crippen molar-refractivity contribution >= 4 is 17.0 Å². The Morgan fingerprint density at radius 3 is 2.69 bits per heavy atom. The molecule has 32 heavy (non-hydrogen) atoms. The van der Waals surface area contributed by atoms with Crippen molar-refractivity contribution in [1.29, 1.82) is 0 Å². The van der Waals surface area contributed by atoms with Gasteiger partial charge in [0.2, 0.25) is 5.88 Å². The van der Waals surface area contributed by atoms with Gasteiger partial charge >= 0.3 is 11.7 Å². The molecule has 1 saturated heterocycles. The van der Waals surface area contributed by atoms with Crippen LogP contribution >= 0.6 is 0 Å². The van der Waals surface area contributed by atoms with E-state index < -0.39 is 0 Å². The van der Waals surface area contributed by atoms with Gasteiger partial charge in [0.05, 0.1) is 13.2 Å². The number of pyridine rings is 1. The maximum atomic E-state index is 12.5. The molecule has 0 aromatic carbocycles. The molecular weight excluding hydrogens is 414 g/mol. The molecular formula is C21H29N7O4. The number of methoxy groups -OCH3 is 1. The van der Waals surface area contributed by atoms with Crippen molar-refractivity contribution in [2.24, 2.45) is 0 Å². The number of hydrogen-bond acceptors (Lipinski definition) is 9. The Morgan fingerprint density at radius 1 is 1.09 bits per heavy atom. The third-order valence-electron chi connectivity index (χ3n) is 5.39. The van der Waals surface area contributed by atoms with E-state index in [1.165, 1.54) is 23.8 Å². The van der Waals surface area contributed by atoms with Gasteiger partial charge in [0.1, 0.15) is 18.7 Å². The van der Waals surface area contributed by atoms with Gasteiger partial charge in [-0.25, -0.2) is 9.78 Å². The Kier molecular flexibility index (Phi) is 7.17. The van der Waals surface area contributed by atoms with Crippen molar-refractivity contribution in [3.05, 3.63) is 34.4 Å². The van der Waals surface area contributed by atoms with Crippen molar-refractivity contribution in [2.75, 3.05) is 52.3 Å². The lowest BCUT2D eigenvalue weighted by molar-refractivity contribution is 0.141. The fourth-order valence-electron chi connectivity index (χ4n) is 3.69. The van der Waals surface area contributed by atoms with Crippen molar-refractivity contribution in [3.63, 3.8) is 0 Å². The van der Waals surface area contributed by atoms with Gasteiger partial charge in [0.15, 0.2) is 11.5 Å². The van der Waals surface area contributed by atoms with Crippen LogP contribution in [-0.2, 0) is 11.3 Å². The Hall–Kier alpha value is -3.18. The lowest BCUT2D eigenvalue weighted by atomic mass is 10.1. The predicted molar refractivity (Wildman–Crippen MR) is 119 cm³/mol. The monoisotopic (exact) mass is 443 g/mol. The highest BCUT2D eigenvalue weighted by molar-refractivity contribution is 5.81. The van der Waals surface area contributed by atoms with Gasteiger partial charge in [-0.1, -0.05) is 12.5 Å². The zero-order valence-corrected chi connectivity index (χ0v) is 18.2. The molecule has 0 atom stereocenters. The first-order valence-electron chi connectivity index (χ1n) is 10.8.